The van der Waals surface area contributed by atoms with Gasteiger partial charge < -0.3 is 34.3 Å². The summed E-state index contributed by atoms with van der Waals surface area (Å²) in [5, 5.41) is 16.3. The van der Waals surface area contributed by atoms with Crippen molar-refractivity contribution >= 4 is 55.4 Å². The molecule has 0 unspecified atom stereocenters. The number of amides is 1. The van der Waals surface area contributed by atoms with E-state index in [1.807, 2.05) is 30.5 Å². The molecule has 6 aliphatic rings. The summed E-state index contributed by atoms with van der Waals surface area (Å²) in [5.74, 6) is -0.203. The molecule has 7 heterocycles. The molecule has 5 aliphatic heterocycles. The van der Waals surface area contributed by atoms with Gasteiger partial charge in [0.05, 0.1) is 33.7 Å². The van der Waals surface area contributed by atoms with E-state index in [4.69, 9.17) is 19.2 Å². The molecule has 4 saturated heterocycles. The van der Waals surface area contributed by atoms with E-state index >= 15 is 0 Å². The van der Waals surface area contributed by atoms with Crippen LogP contribution in [0.25, 0.3) is 11.0 Å². The molecule has 358 valence electrons. The minimum atomic E-state index is -4.58. The van der Waals surface area contributed by atoms with E-state index in [-0.39, 0.29) is 28.1 Å². The van der Waals surface area contributed by atoms with E-state index in [2.05, 4.69) is 60.9 Å². The predicted octanol–water partition coefficient (Wildman–Crippen LogP) is 8.40. The summed E-state index contributed by atoms with van der Waals surface area (Å²) in [6, 6.07) is 22.9. The Bertz CT molecular complexity index is 2820. The van der Waals surface area contributed by atoms with Crippen molar-refractivity contribution in [1.82, 2.24) is 19.6 Å². The lowest BCUT2D eigenvalue weighted by Gasteiger charge is -2.57. The van der Waals surface area contributed by atoms with Crippen molar-refractivity contribution in [1.29, 1.82) is 0 Å². The first kappa shape index (κ1) is 44.7. The fraction of sp³-hybridized carbons (Fsp3) is 0.490. The number of nitro benzene ring substituents is 1. The van der Waals surface area contributed by atoms with Crippen molar-refractivity contribution in [2.45, 2.75) is 100 Å². The summed E-state index contributed by atoms with van der Waals surface area (Å²) < 4.78 is 48.4. The number of carbonyl (C=O) groups excluding carboxylic acids is 1. The van der Waals surface area contributed by atoms with Gasteiger partial charge in [-0.1, -0.05) is 30.7 Å². The monoisotopic (exact) mass is 944 g/mol. The number of nitro groups is 1. The molecule has 17 heteroatoms. The van der Waals surface area contributed by atoms with Gasteiger partial charge in [0, 0.05) is 74.9 Å². The lowest BCUT2D eigenvalue weighted by atomic mass is 9.59. The summed E-state index contributed by atoms with van der Waals surface area (Å²) in [5.41, 5.74) is 5.87. The number of anilines is 4. The molecule has 1 aliphatic carbocycles. The number of likely N-dealkylation sites (tertiary alicyclic amines) is 1. The predicted molar refractivity (Wildman–Crippen MR) is 259 cm³/mol. The fourth-order valence-electron chi connectivity index (χ4n) is 12.0. The van der Waals surface area contributed by atoms with Gasteiger partial charge in [0.2, 0.25) is 5.88 Å². The van der Waals surface area contributed by atoms with E-state index in [0.29, 0.717) is 79.8 Å². The van der Waals surface area contributed by atoms with Crippen molar-refractivity contribution in [2.24, 2.45) is 11.3 Å². The fourth-order valence-corrected chi connectivity index (χ4v) is 13.0. The van der Waals surface area contributed by atoms with Crippen LogP contribution in [0.2, 0.25) is 0 Å². The lowest BCUT2D eigenvalue weighted by Crippen LogP contribution is -2.56. The van der Waals surface area contributed by atoms with Crippen LogP contribution in [0.5, 0.6) is 5.88 Å². The van der Waals surface area contributed by atoms with Crippen molar-refractivity contribution in [3.63, 3.8) is 0 Å². The van der Waals surface area contributed by atoms with Crippen molar-refractivity contribution < 1.29 is 32.3 Å². The van der Waals surface area contributed by atoms with E-state index in [0.717, 1.165) is 62.5 Å². The van der Waals surface area contributed by atoms with Gasteiger partial charge >= 0.3 is 0 Å². The Morgan fingerprint density at radius 2 is 1.74 bits per heavy atom. The minimum Gasteiger partial charge on any atom is -0.468 e. The number of carbonyl (C=O) groups is 1. The highest BCUT2D eigenvalue weighted by atomic mass is 32.2. The molecular formula is C51H60N8O8S. The molecule has 0 radical (unpaired) electrons. The highest BCUT2D eigenvalue weighted by Crippen LogP contribution is 2.54. The third-order valence-electron chi connectivity index (χ3n) is 15.8. The number of aromatic nitrogens is 2. The Balaban J connectivity index is 0.878. The number of sulfonamides is 1. The Morgan fingerprint density at radius 1 is 0.926 bits per heavy atom. The average molecular weight is 945 g/mol. The van der Waals surface area contributed by atoms with E-state index < -0.39 is 32.6 Å². The van der Waals surface area contributed by atoms with E-state index in [1.165, 1.54) is 55.4 Å². The Labute approximate surface area is 396 Å². The van der Waals surface area contributed by atoms with Crippen LogP contribution >= 0.6 is 0 Å². The van der Waals surface area contributed by atoms with Crippen LogP contribution in [0.4, 0.5) is 28.4 Å². The molecule has 2 aromatic heterocycles. The van der Waals surface area contributed by atoms with E-state index in [9.17, 15) is 23.3 Å². The Kier molecular flexibility index (Phi) is 12.0. The largest absolute Gasteiger partial charge is 0.468 e. The quantitative estimate of drug-likeness (QED) is 0.0848. The average Bonchev–Trinajstić information content (AvgIpc) is 3.81. The molecule has 3 atom stereocenters. The van der Waals surface area contributed by atoms with Crippen LogP contribution in [-0.2, 0) is 19.5 Å². The summed E-state index contributed by atoms with van der Waals surface area (Å²) in [7, 11) is -4.58. The van der Waals surface area contributed by atoms with Gasteiger partial charge in [0.25, 0.3) is 21.6 Å². The van der Waals surface area contributed by atoms with Crippen molar-refractivity contribution in [3.05, 3.63) is 106 Å². The highest BCUT2D eigenvalue weighted by Gasteiger charge is 2.50. The van der Waals surface area contributed by atoms with Gasteiger partial charge in [-0.25, -0.2) is 13.1 Å². The number of hydrogen-bond donors (Lipinski definition) is 3. The molecule has 1 saturated carbocycles. The third kappa shape index (κ3) is 8.55. The SMILES string of the molecule is Cc1ccccc1[C@H]1CCCCN1C1CC2(CCN(c3ccc(C(=O)NS(=O)(=O)c4ccc(NCC5CCOCC5)c([N+](=O)[O-])c4)c(N4c5cc6cc[nH]c6nc5O[C@H]5COCC[C@@H]54)c3)CC2)C1. The standard InChI is InChI=1S/C51H60N8O8S/c1-33-6-2-3-7-39(33)42-8-4-5-20-57(42)37-29-51(30-37)17-21-56(22-18-51)36-9-11-40(44(27-36)58-43-16-25-66-32-47(43)67-50-46(58)26-35-13-19-52-48(35)54-50)49(60)55-68(63,64)38-10-12-41(45(28-38)59(61)62)53-31-34-14-23-65-24-15-34/h2-3,6-7,9-13,19,26-28,34,37,42-43,47,53H,4-5,8,14-18,20-25,29-32H2,1H3,(H,52,54)(H,55,60)/t42-,43+,47+/m1/s1. The number of H-pyrrole nitrogens is 1. The van der Waals surface area contributed by atoms with Crippen LogP contribution in [0.15, 0.2) is 83.9 Å². The van der Waals surface area contributed by atoms with Crippen molar-refractivity contribution in [3.8, 4) is 5.88 Å². The lowest BCUT2D eigenvalue weighted by molar-refractivity contribution is -0.384. The number of aromatic amines is 1. The number of ether oxygens (including phenoxy) is 3. The number of fused-ring (bicyclic) bond motifs is 3. The number of hydrogen-bond acceptors (Lipinski definition) is 13. The van der Waals surface area contributed by atoms with Crippen LogP contribution < -0.4 is 24.6 Å². The number of piperidine rings is 2. The second-order valence-corrected chi connectivity index (χ2v) is 21.5. The van der Waals surface area contributed by atoms with Gasteiger partial charge in [0.15, 0.2) is 0 Å². The normalized spacial score (nSPS) is 23.3. The number of rotatable bonds is 11. The molecule has 5 fully saturated rings. The zero-order valence-corrected chi connectivity index (χ0v) is 39.3. The number of benzene rings is 3. The van der Waals surface area contributed by atoms with Crippen LogP contribution in [0, 0.1) is 28.4 Å². The van der Waals surface area contributed by atoms with Gasteiger partial charge in [-0.05, 0) is 136 Å². The minimum absolute atomic E-state index is 0.133. The van der Waals surface area contributed by atoms with Crippen LogP contribution in [0.1, 0.15) is 91.7 Å². The topological polar surface area (TPSA) is 184 Å². The molecule has 3 aromatic carbocycles. The second-order valence-electron chi connectivity index (χ2n) is 19.8. The maximum absolute atomic E-state index is 14.6. The molecule has 68 heavy (non-hydrogen) atoms. The first-order valence-electron chi connectivity index (χ1n) is 24.4. The summed E-state index contributed by atoms with van der Waals surface area (Å²) in [6.07, 6.45) is 11.9. The first-order chi connectivity index (χ1) is 33.0. The van der Waals surface area contributed by atoms with Gasteiger partial charge in [-0.15, -0.1) is 0 Å². The zero-order chi connectivity index (χ0) is 46.6. The van der Waals surface area contributed by atoms with Crippen LogP contribution in [-0.4, -0.2) is 105 Å². The molecule has 0 bridgehead atoms. The smallest absolute Gasteiger partial charge is 0.293 e. The maximum Gasteiger partial charge on any atom is 0.293 e. The molecule has 11 rings (SSSR count). The highest BCUT2D eigenvalue weighted by molar-refractivity contribution is 7.90. The Hall–Kier alpha value is -5.75. The number of nitrogens with one attached hydrogen (secondary N) is 3. The molecule has 3 N–H and O–H groups in total. The van der Waals surface area contributed by atoms with Gasteiger partial charge in [0.1, 0.15) is 23.1 Å². The summed E-state index contributed by atoms with van der Waals surface area (Å²) in [4.78, 5) is 41.2. The maximum atomic E-state index is 14.6. The van der Waals surface area contributed by atoms with Gasteiger partial charge in [-0.2, -0.15) is 4.98 Å². The second kappa shape index (κ2) is 18.3. The summed E-state index contributed by atoms with van der Waals surface area (Å²) >= 11 is 0. The molecule has 16 nitrogen and oxygen atoms in total. The van der Waals surface area contributed by atoms with Crippen LogP contribution in [0.3, 0.4) is 0 Å². The van der Waals surface area contributed by atoms with Crippen molar-refractivity contribution in [2.75, 3.05) is 67.7 Å². The molecule has 1 amide bonds. The molecular weight excluding hydrogens is 885 g/mol. The number of aryl methyl sites for hydroxylation is 1. The molecule has 1 spiro atoms. The third-order valence-corrected chi connectivity index (χ3v) is 17.1. The first-order valence-corrected chi connectivity index (χ1v) is 25.9. The summed E-state index contributed by atoms with van der Waals surface area (Å²) in [6.45, 7) is 7.65. The Morgan fingerprint density at radius 3 is 2.54 bits per heavy atom. The zero-order valence-electron chi connectivity index (χ0n) is 38.5. The number of pyridine rings is 1. The van der Waals surface area contributed by atoms with E-state index in [1.54, 1.807) is 6.07 Å². The number of nitrogens with zero attached hydrogens (tertiary/aromatic N) is 5. The van der Waals surface area contributed by atoms with Gasteiger partial charge in [-0.3, -0.25) is 19.8 Å². The molecule has 5 aromatic rings.